The highest BCUT2D eigenvalue weighted by atomic mass is 79.9. The molecule has 0 amide bonds. The number of rotatable bonds is 5. The Bertz CT molecular complexity index is 576. The molecule has 0 aliphatic rings. The number of benzene rings is 1. The zero-order chi connectivity index (χ0) is 13.8. The van der Waals surface area contributed by atoms with Crippen LogP contribution in [0.15, 0.2) is 22.7 Å². The Morgan fingerprint density at radius 3 is 2.89 bits per heavy atom. The molecular weight excluding hydrogens is 337 g/mol. The molecule has 0 fully saturated rings. The summed E-state index contributed by atoms with van der Waals surface area (Å²) in [6.45, 7) is 0.997. The average Bonchev–Trinajstić information content (AvgIpc) is 2.81. The molecule has 2 aromatic rings. The second kappa shape index (κ2) is 6.45. The minimum Gasteiger partial charge on any atom is -0.383 e. The van der Waals surface area contributed by atoms with Gasteiger partial charge in [-0.25, -0.2) is 4.39 Å². The molecule has 0 N–H and O–H groups in total. The molecule has 0 bridgehead atoms. The lowest BCUT2D eigenvalue weighted by Crippen LogP contribution is -2.09. The monoisotopic (exact) mass is 347 g/mol. The fourth-order valence-corrected chi connectivity index (χ4v) is 2.28. The molecule has 0 atom stereocenters. The van der Waals surface area contributed by atoms with Gasteiger partial charge in [-0.05, 0) is 18.2 Å². The maximum absolute atomic E-state index is 13.9. The van der Waals surface area contributed by atoms with Gasteiger partial charge in [0.15, 0.2) is 5.82 Å². The van der Waals surface area contributed by atoms with Gasteiger partial charge in [0.2, 0.25) is 0 Å². The van der Waals surface area contributed by atoms with Crippen LogP contribution < -0.4 is 0 Å². The van der Waals surface area contributed by atoms with Crippen molar-refractivity contribution in [2.75, 3.05) is 13.7 Å². The molecule has 0 spiro atoms. The summed E-state index contributed by atoms with van der Waals surface area (Å²) in [5.74, 6) is 0.904. The number of nitrogens with zero attached hydrogens (tertiary/aromatic N) is 3. The summed E-state index contributed by atoms with van der Waals surface area (Å²) in [7, 11) is 1.60. The van der Waals surface area contributed by atoms with Gasteiger partial charge in [-0.15, -0.1) is 21.8 Å². The highest BCUT2D eigenvalue weighted by Gasteiger charge is 2.16. The van der Waals surface area contributed by atoms with Crippen LogP contribution in [-0.4, -0.2) is 28.5 Å². The van der Waals surface area contributed by atoms with Gasteiger partial charge in [-0.1, -0.05) is 15.9 Å². The molecule has 0 unspecified atom stereocenters. The number of hydrogen-bond donors (Lipinski definition) is 0. The van der Waals surface area contributed by atoms with Crippen molar-refractivity contribution >= 4 is 27.5 Å². The third kappa shape index (κ3) is 3.13. The van der Waals surface area contributed by atoms with Gasteiger partial charge < -0.3 is 9.30 Å². The second-order valence-corrected chi connectivity index (χ2v) is 5.03. The first-order valence-corrected chi connectivity index (χ1v) is 6.92. The summed E-state index contributed by atoms with van der Waals surface area (Å²) >= 11 is 9.14. The fourth-order valence-electron chi connectivity index (χ4n) is 1.72. The van der Waals surface area contributed by atoms with E-state index in [-0.39, 0.29) is 11.7 Å². The minimum absolute atomic E-state index is 0.215. The first-order valence-electron chi connectivity index (χ1n) is 5.59. The Balaban J connectivity index is 2.49. The lowest BCUT2D eigenvalue weighted by molar-refractivity contribution is 0.187. The van der Waals surface area contributed by atoms with Crippen molar-refractivity contribution in [2.45, 2.75) is 12.4 Å². The van der Waals surface area contributed by atoms with Crippen molar-refractivity contribution in [1.82, 2.24) is 14.8 Å². The van der Waals surface area contributed by atoms with E-state index in [1.165, 1.54) is 6.07 Å². The lowest BCUT2D eigenvalue weighted by atomic mass is 10.2. The predicted octanol–water partition coefficient (Wildman–Crippen LogP) is 3.23. The molecule has 4 nitrogen and oxygen atoms in total. The summed E-state index contributed by atoms with van der Waals surface area (Å²) in [6.07, 6.45) is 0. The minimum atomic E-state index is -0.351. The molecule has 0 saturated carbocycles. The summed E-state index contributed by atoms with van der Waals surface area (Å²) in [5.41, 5.74) is 0.384. The van der Waals surface area contributed by atoms with Crippen molar-refractivity contribution < 1.29 is 9.13 Å². The lowest BCUT2D eigenvalue weighted by Gasteiger charge is -2.09. The van der Waals surface area contributed by atoms with E-state index in [0.29, 0.717) is 30.4 Å². The van der Waals surface area contributed by atoms with E-state index >= 15 is 0 Å². The predicted molar refractivity (Wildman–Crippen MR) is 74.5 cm³/mol. The van der Waals surface area contributed by atoms with Gasteiger partial charge in [0.25, 0.3) is 0 Å². The molecule has 2 rings (SSSR count). The van der Waals surface area contributed by atoms with Gasteiger partial charge in [-0.3, -0.25) is 0 Å². The quantitative estimate of drug-likeness (QED) is 0.779. The number of aromatic nitrogens is 3. The molecular formula is C12H12BrClFN3O. The van der Waals surface area contributed by atoms with Crippen molar-refractivity contribution in [1.29, 1.82) is 0 Å². The molecule has 0 radical (unpaired) electrons. The molecule has 1 aromatic carbocycles. The van der Waals surface area contributed by atoms with Crippen LogP contribution in [0.25, 0.3) is 11.4 Å². The highest BCUT2D eigenvalue weighted by molar-refractivity contribution is 9.10. The van der Waals surface area contributed by atoms with Crippen molar-refractivity contribution in [3.05, 3.63) is 34.3 Å². The van der Waals surface area contributed by atoms with Gasteiger partial charge in [0, 0.05) is 18.1 Å². The molecule has 19 heavy (non-hydrogen) atoms. The third-order valence-corrected chi connectivity index (χ3v) is 3.37. The summed E-state index contributed by atoms with van der Waals surface area (Å²) < 4.78 is 21.5. The summed E-state index contributed by atoms with van der Waals surface area (Å²) in [4.78, 5) is 0. The molecule has 1 heterocycles. The van der Waals surface area contributed by atoms with Crippen LogP contribution in [0.2, 0.25) is 0 Å². The molecule has 0 aliphatic heterocycles. The van der Waals surface area contributed by atoms with E-state index in [1.54, 1.807) is 23.8 Å². The number of ether oxygens (including phenoxy) is 1. The molecule has 0 saturated heterocycles. The number of hydrogen-bond acceptors (Lipinski definition) is 3. The van der Waals surface area contributed by atoms with E-state index in [0.717, 1.165) is 4.47 Å². The van der Waals surface area contributed by atoms with Crippen LogP contribution in [0.3, 0.4) is 0 Å². The zero-order valence-electron chi connectivity index (χ0n) is 10.2. The molecule has 1 aromatic heterocycles. The van der Waals surface area contributed by atoms with Gasteiger partial charge in [-0.2, -0.15) is 0 Å². The van der Waals surface area contributed by atoms with Crippen LogP contribution in [0.4, 0.5) is 4.39 Å². The Morgan fingerprint density at radius 2 is 2.21 bits per heavy atom. The summed E-state index contributed by atoms with van der Waals surface area (Å²) in [5, 5.41) is 8.00. The Labute approximate surface area is 123 Å². The Hall–Kier alpha value is -0.980. The second-order valence-electron chi connectivity index (χ2n) is 3.84. The topological polar surface area (TPSA) is 39.9 Å². The first-order chi connectivity index (χ1) is 9.17. The van der Waals surface area contributed by atoms with Gasteiger partial charge in [0.05, 0.1) is 18.1 Å². The molecule has 7 heteroatoms. The van der Waals surface area contributed by atoms with Crippen LogP contribution in [0, 0.1) is 5.82 Å². The van der Waals surface area contributed by atoms with Crippen molar-refractivity contribution in [3.8, 4) is 11.4 Å². The zero-order valence-corrected chi connectivity index (χ0v) is 12.6. The first kappa shape index (κ1) is 14.4. The van der Waals surface area contributed by atoms with Crippen LogP contribution >= 0.6 is 27.5 Å². The standard InChI is InChI=1S/C12H12BrClFN3O/c1-19-5-4-18-11(7-14)16-17-12(18)9-6-8(13)2-3-10(9)15/h2-3,6H,4-5,7H2,1H3. The number of halogens is 3. The van der Waals surface area contributed by atoms with Crippen molar-refractivity contribution in [3.63, 3.8) is 0 Å². The van der Waals surface area contributed by atoms with Crippen LogP contribution in [0.5, 0.6) is 0 Å². The van der Waals surface area contributed by atoms with E-state index in [1.807, 2.05) is 0 Å². The summed E-state index contributed by atoms with van der Waals surface area (Å²) in [6, 6.07) is 4.69. The van der Waals surface area contributed by atoms with E-state index in [2.05, 4.69) is 26.1 Å². The van der Waals surface area contributed by atoms with Crippen LogP contribution in [0.1, 0.15) is 5.82 Å². The number of alkyl halides is 1. The molecule has 102 valence electrons. The largest absolute Gasteiger partial charge is 0.383 e. The van der Waals surface area contributed by atoms with E-state index in [9.17, 15) is 4.39 Å². The smallest absolute Gasteiger partial charge is 0.167 e. The van der Waals surface area contributed by atoms with Gasteiger partial charge >= 0.3 is 0 Å². The Morgan fingerprint density at radius 1 is 1.42 bits per heavy atom. The van der Waals surface area contributed by atoms with E-state index < -0.39 is 0 Å². The SMILES string of the molecule is COCCn1c(CCl)nnc1-c1cc(Br)ccc1F. The highest BCUT2D eigenvalue weighted by Crippen LogP contribution is 2.25. The normalized spacial score (nSPS) is 10.9. The van der Waals surface area contributed by atoms with Crippen molar-refractivity contribution in [2.24, 2.45) is 0 Å². The van der Waals surface area contributed by atoms with Crippen LogP contribution in [-0.2, 0) is 17.2 Å². The fraction of sp³-hybridized carbons (Fsp3) is 0.333. The van der Waals surface area contributed by atoms with Gasteiger partial charge in [0.1, 0.15) is 11.6 Å². The maximum Gasteiger partial charge on any atom is 0.167 e. The maximum atomic E-state index is 13.9. The average molecular weight is 349 g/mol. The number of methoxy groups -OCH3 is 1. The Kier molecular flexibility index (Phi) is 4.90. The molecule has 0 aliphatic carbocycles. The van der Waals surface area contributed by atoms with E-state index in [4.69, 9.17) is 16.3 Å². The third-order valence-electron chi connectivity index (χ3n) is 2.64.